The van der Waals surface area contributed by atoms with Crippen LogP contribution in [0.2, 0.25) is 0 Å². The number of guanidine groups is 1. The Kier molecular flexibility index (Phi) is 7.04. The van der Waals surface area contributed by atoms with Gasteiger partial charge in [-0.05, 0) is 54.5 Å². The molecule has 3 aromatic rings. The highest BCUT2D eigenvalue weighted by molar-refractivity contribution is 5.80. The molecule has 1 aliphatic rings. The molecule has 168 valence electrons. The molecule has 32 heavy (non-hydrogen) atoms. The number of nitrogens with one attached hydrogen (secondary N) is 2. The number of halogens is 1. The van der Waals surface area contributed by atoms with Gasteiger partial charge in [-0.15, -0.1) is 0 Å². The molecule has 0 bridgehead atoms. The summed E-state index contributed by atoms with van der Waals surface area (Å²) >= 11 is 0. The van der Waals surface area contributed by atoms with Crippen LogP contribution in [0.1, 0.15) is 42.5 Å². The Morgan fingerprint density at radius 1 is 1.25 bits per heavy atom. The minimum Gasteiger partial charge on any atom is -0.490 e. The van der Waals surface area contributed by atoms with Crippen LogP contribution in [0.25, 0.3) is 0 Å². The predicted molar refractivity (Wildman–Crippen MR) is 124 cm³/mol. The standard InChI is InChI=1S/C25H30FN5O/c1-18(22-8-9-24(23(26)13-22)32-16-19-6-7-19)30-25(27-2)29-14-20-4-3-5-21(12-20)15-31-11-10-28-17-31/h3-5,8-13,17-19H,6-7,14-16H2,1-2H3,(H2,27,29,30). The van der Waals surface area contributed by atoms with Crippen molar-refractivity contribution in [2.24, 2.45) is 10.9 Å². The smallest absolute Gasteiger partial charge is 0.191 e. The van der Waals surface area contributed by atoms with Crippen molar-refractivity contribution in [3.8, 4) is 5.75 Å². The van der Waals surface area contributed by atoms with Gasteiger partial charge in [0, 0.05) is 32.5 Å². The van der Waals surface area contributed by atoms with Crippen molar-refractivity contribution < 1.29 is 9.13 Å². The molecule has 1 atom stereocenters. The predicted octanol–water partition coefficient (Wildman–Crippen LogP) is 4.29. The van der Waals surface area contributed by atoms with Crippen LogP contribution in [0.15, 0.2) is 66.2 Å². The summed E-state index contributed by atoms with van der Waals surface area (Å²) in [7, 11) is 1.73. The number of nitrogens with zero attached hydrogens (tertiary/aromatic N) is 3. The SMILES string of the molecule is CN=C(NCc1cccc(Cn2ccnc2)c1)NC(C)c1ccc(OCC2CC2)c(F)c1. The summed E-state index contributed by atoms with van der Waals surface area (Å²) in [6.07, 6.45) is 7.91. The van der Waals surface area contributed by atoms with Crippen LogP contribution < -0.4 is 15.4 Å². The lowest BCUT2D eigenvalue weighted by Crippen LogP contribution is -2.38. The molecular formula is C25H30FN5O. The molecule has 6 nitrogen and oxygen atoms in total. The van der Waals surface area contributed by atoms with Crippen molar-refractivity contribution in [2.45, 2.75) is 38.9 Å². The fourth-order valence-corrected chi connectivity index (χ4v) is 3.49. The van der Waals surface area contributed by atoms with E-state index in [1.807, 2.05) is 30.1 Å². The second-order valence-electron chi connectivity index (χ2n) is 8.29. The molecule has 0 aliphatic heterocycles. The molecule has 2 N–H and O–H groups in total. The summed E-state index contributed by atoms with van der Waals surface area (Å²) < 4.78 is 22.1. The van der Waals surface area contributed by atoms with E-state index in [9.17, 15) is 4.39 Å². The molecule has 0 spiro atoms. The molecular weight excluding hydrogens is 405 g/mol. The number of aliphatic imine (C=N–C) groups is 1. The third-order valence-corrected chi connectivity index (χ3v) is 5.58. The molecule has 2 aromatic carbocycles. The van der Waals surface area contributed by atoms with Crippen LogP contribution in [-0.2, 0) is 13.1 Å². The molecule has 4 rings (SSSR count). The first-order valence-electron chi connectivity index (χ1n) is 11.0. The largest absolute Gasteiger partial charge is 0.490 e. The van der Waals surface area contributed by atoms with Crippen molar-refractivity contribution in [3.63, 3.8) is 0 Å². The second-order valence-corrected chi connectivity index (χ2v) is 8.29. The number of rotatable bonds is 9. The van der Waals surface area contributed by atoms with E-state index in [-0.39, 0.29) is 11.9 Å². The van der Waals surface area contributed by atoms with Crippen LogP contribution in [0, 0.1) is 11.7 Å². The Labute approximate surface area is 188 Å². The van der Waals surface area contributed by atoms with Gasteiger partial charge in [0.25, 0.3) is 0 Å². The number of hydrogen-bond donors (Lipinski definition) is 2. The van der Waals surface area contributed by atoms with Gasteiger partial charge < -0.3 is 19.9 Å². The van der Waals surface area contributed by atoms with Gasteiger partial charge in [0.1, 0.15) is 0 Å². The van der Waals surface area contributed by atoms with Crippen molar-refractivity contribution in [2.75, 3.05) is 13.7 Å². The number of benzene rings is 2. The topological polar surface area (TPSA) is 63.5 Å². The van der Waals surface area contributed by atoms with Crippen molar-refractivity contribution >= 4 is 5.96 Å². The summed E-state index contributed by atoms with van der Waals surface area (Å²) in [6, 6.07) is 13.4. The van der Waals surface area contributed by atoms with Gasteiger partial charge in [-0.25, -0.2) is 9.37 Å². The van der Waals surface area contributed by atoms with Crippen molar-refractivity contribution in [3.05, 3.63) is 83.7 Å². The third-order valence-electron chi connectivity index (χ3n) is 5.58. The first kappa shape index (κ1) is 21.9. The highest BCUT2D eigenvalue weighted by Gasteiger charge is 2.22. The van der Waals surface area contributed by atoms with E-state index in [1.54, 1.807) is 19.3 Å². The van der Waals surface area contributed by atoms with Crippen molar-refractivity contribution in [1.29, 1.82) is 0 Å². The Bertz CT molecular complexity index is 1050. The summed E-state index contributed by atoms with van der Waals surface area (Å²) in [5.41, 5.74) is 3.20. The summed E-state index contributed by atoms with van der Waals surface area (Å²) in [6.45, 7) is 4.00. The molecule has 1 aliphatic carbocycles. The average molecular weight is 436 g/mol. The van der Waals surface area contributed by atoms with E-state index in [1.165, 1.54) is 24.5 Å². The van der Waals surface area contributed by atoms with E-state index in [0.29, 0.717) is 30.8 Å². The van der Waals surface area contributed by atoms with Crippen LogP contribution >= 0.6 is 0 Å². The molecule has 0 saturated heterocycles. The normalized spacial score (nSPS) is 14.8. The van der Waals surface area contributed by atoms with E-state index < -0.39 is 0 Å². The van der Waals surface area contributed by atoms with Gasteiger partial charge in [0.2, 0.25) is 0 Å². The Morgan fingerprint density at radius 3 is 2.81 bits per heavy atom. The van der Waals surface area contributed by atoms with Gasteiger partial charge in [0.05, 0.1) is 19.0 Å². The molecule has 1 unspecified atom stereocenters. The monoisotopic (exact) mass is 435 g/mol. The van der Waals surface area contributed by atoms with Crippen molar-refractivity contribution in [1.82, 2.24) is 20.2 Å². The van der Waals surface area contributed by atoms with Crippen LogP contribution in [0.5, 0.6) is 5.75 Å². The lowest BCUT2D eigenvalue weighted by molar-refractivity contribution is 0.285. The first-order chi connectivity index (χ1) is 15.6. The van der Waals surface area contributed by atoms with Gasteiger partial charge in [-0.3, -0.25) is 4.99 Å². The zero-order valence-corrected chi connectivity index (χ0v) is 18.6. The molecule has 1 saturated carbocycles. The first-order valence-corrected chi connectivity index (χ1v) is 11.0. The average Bonchev–Trinajstić information content (AvgIpc) is 3.49. The molecule has 1 fully saturated rings. The van der Waals surface area contributed by atoms with Gasteiger partial charge in [0.15, 0.2) is 17.5 Å². The highest BCUT2D eigenvalue weighted by atomic mass is 19.1. The van der Waals surface area contributed by atoms with Crippen LogP contribution in [0.3, 0.4) is 0 Å². The number of ether oxygens (including phenoxy) is 1. The highest BCUT2D eigenvalue weighted by Crippen LogP contribution is 2.30. The van der Waals surface area contributed by atoms with E-state index in [4.69, 9.17) is 4.74 Å². The van der Waals surface area contributed by atoms with Gasteiger partial charge >= 0.3 is 0 Å². The fourth-order valence-electron chi connectivity index (χ4n) is 3.49. The number of aromatic nitrogens is 2. The lowest BCUT2D eigenvalue weighted by Gasteiger charge is -2.19. The molecule has 1 aromatic heterocycles. The Morgan fingerprint density at radius 2 is 2.09 bits per heavy atom. The number of imidazole rings is 1. The zero-order chi connectivity index (χ0) is 22.3. The second kappa shape index (κ2) is 10.3. The maximum Gasteiger partial charge on any atom is 0.191 e. The molecule has 0 amide bonds. The fraction of sp³-hybridized carbons (Fsp3) is 0.360. The molecule has 7 heteroatoms. The van der Waals surface area contributed by atoms with E-state index >= 15 is 0 Å². The number of hydrogen-bond acceptors (Lipinski definition) is 3. The zero-order valence-electron chi connectivity index (χ0n) is 18.6. The maximum absolute atomic E-state index is 14.4. The van der Waals surface area contributed by atoms with E-state index in [0.717, 1.165) is 17.7 Å². The summed E-state index contributed by atoms with van der Waals surface area (Å²) in [5, 5.41) is 6.67. The Hall–Kier alpha value is -3.35. The van der Waals surface area contributed by atoms with Gasteiger partial charge in [-0.1, -0.05) is 30.3 Å². The van der Waals surface area contributed by atoms with Crippen LogP contribution in [0.4, 0.5) is 4.39 Å². The Balaban J connectivity index is 1.31. The summed E-state index contributed by atoms with van der Waals surface area (Å²) in [4.78, 5) is 8.40. The molecule has 1 heterocycles. The van der Waals surface area contributed by atoms with Gasteiger partial charge in [-0.2, -0.15) is 0 Å². The minimum atomic E-state index is -0.325. The maximum atomic E-state index is 14.4. The minimum absolute atomic E-state index is 0.110. The summed E-state index contributed by atoms with van der Waals surface area (Å²) in [5.74, 6) is 1.25. The third kappa shape index (κ3) is 6.09. The van der Waals surface area contributed by atoms with Crippen LogP contribution in [-0.4, -0.2) is 29.2 Å². The quantitative estimate of drug-likeness (QED) is 0.389. The molecule has 0 radical (unpaired) electrons. The van der Waals surface area contributed by atoms with E-state index in [2.05, 4.69) is 44.9 Å². The lowest BCUT2D eigenvalue weighted by atomic mass is 10.1.